The van der Waals surface area contributed by atoms with Gasteiger partial charge in [0.25, 0.3) is 0 Å². The molecule has 0 radical (unpaired) electrons. The fourth-order valence-corrected chi connectivity index (χ4v) is 3.05. The quantitative estimate of drug-likeness (QED) is 0.817. The van der Waals surface area contributed by atoms with Crippen LogP contribution < -0.4 is 5.73 Å². The molecule has 0 aromatic carbocycles. The van der Waals surface area contributed by atoms with Crippen molar-refractivity contribution in [3.63, 3.8) is 0 Å². The van der Waals surface area contributed by atoms with Crippen LogP contribution in [0.2, 0.25) is 0 Å². The van der Waals surface area contributed by atoms with Gasteiger partial charge in [-0.2, -0.15) is 5.10 Å². The van der Waals surface area contributed by atoms with Crippen LogP contribution in [0.5, 0.6) is 0 Å². The minimum Gasteiger partial charge on any atom is -0.330 e. The molecule has 0 aliphatic heterocycles. The molecule has 88 valence electrons. The molecule has 2 aliphatic carbocycles. The number of hydrogen-bond acceptors (Lipinski definition) is 2. The molecule has 1 aromatic heterocycles. The van der Waals surface area contributed by atoms with Gasteiger partial charge < -0.3 is 5.73 Å². The van der Waals surface area contributed by atoms with Crippen molar-refractivity contribution in [2.24, 2.45) is 5.73 Å². The monoisotopic (exact) mass is 219 g/mol. The van der Waals surface area contributed by atoms with Gasteiger partial charge in [-0.15, -0.1) is 0 Å². The van der Waals surface area contributed by atoms with Gasteiger partial charge in [-0.1, -0.05) is 12.8 Å². The fraction of sp³-hybridized carbons (Fsp3) is 0.769. The van der Waals surface area contributed by atoms with Crippen LogP contribution in [0, 0.1) is 0 Å². The van der Waals surface area contributed by atoms with E-state index in [0.29, 0.717) is 5.92 Å². The summed E-state index contributed by atoms with van der Waals surface area (Å²) in [6.45, 7) is 0.749. The Morgan fingerprint density at radius 2 is 1.88 bits per heavy atom. The second-order valence-corrected chi connectivity index (χ2v) is 5.30. The van der Waals surface area contributed by atoms with Gasteiger partial charge in [0, 0.05) is 17.5 Å². The second kappa shape index (κ2) is 4.21. The molecule has 1 aromatic rings. The average molecular weight is 219 g/mol. The number of nitrogens with zero attached hydrogens (tertiary/aromatic N) is 1. The van der Waals surface area contributed by atoms with Gasteiger partial charge in [0.1, 0.15) is 0 Å². The predicted molar refractivity (Wildman–Crippen MR) is 64.5 cm³/mol. The van der Waals surface area contributed by atoms with E-state index in [1.807, 2.05) is 0 Å². The first kappa shape index (κ1) is 10.3. The predicted octanol–water partition coefficient (Wildman–Crippen LogP) is 2.45. The molecule has 0 amide bonds. The summed E-state index contributed by atoms with van der Waals surface area (Å²) in [6, 6.07) is 0. The molecule has 3 heteroatoms. The molecule has 3 N–H and O–H groups in total. The van der Waals surface area contributed by atoms with Crippen LogP contribution in [-0.2, 0) is 6.42 Å². The van der Waals surface area contributed by atoms with Gasteiger partial charge in [0.05, 0.1) is 5.69 Å². The molecule has 2 fully saturated rings. The Balaban J connectivity index is 1.89. The van der Waals surface area contributed by atoms with Crippen LogP contribution in [0.15, 0.2) is 0 Å². The van der Waals surface area contributed by atoms with Crippen LogP contribution in [0.3, 0.4) is 0 Å². The highest BCUT2D eigenvalue weighted by Gasteiger charge is 2.31. The van der Waals surface area contributed by atoms with E-state index in [1.165, 1.54) is 55.5 Å². The number of aromatic nitrogens is 2. The summed E-state index contributed by atoms with van der Waals surface area (Å²) in [5.74, 6) is 1.48. The number of H-pyrrole nitrogens is 1. The van der Waals surface area contributed by atoms with Crippen molar-refractivity contribution in [1.29, 1.82) is 0 Å². The molecule has 0 spiro atoms. The third-order valence-electron chi connectivity index (χ3n) is 4.05. The topological polar surface area (TPSA) is 54.7 Å². The summed E-state index contributed by atoms with van der Waals surface area (Å²) in [5, 5.41) is 7.89. The molecule has 16 heavy (non-hydrogen) atoms. The summed E-state index contributed by atoms with van der Waals surface area (Å²) in [5.41, 5.74) is 9.97. The summed E-state index contributed by atoms with van der Waals surface area (Å²) in [6.07, 6.45) is 9.08. The maximum atomic E-state index is 5.74. The number of nitrogens with two attached hydrogens (primary N) is 1. The minimum atomic E-state index is 0.713. The van der Waals surface area contributed by atoms with Gasteiger partial charge in [-0.25, -0.2) is 0 Å². The lowest BCUT2D eigenvalue weighted by atomic mass is 9.96. The molecule has 0 unspecified atom stereocenters. The number of hydrogen-bond donors (Lipinski definition) is 2. The fourth-order valence-electron chi connectivity index (χ4n) is 3.05. The van der Waals surface area contributed by atoms with Crippen LogP contribution in [0.25, 0.3) is 0 Å². The average Bonchev–Trinajstić information content (AvgIpc) is 2.84. The number of aromatic amines is 1. The minimum absolute atomic E-state index is 0.713. The standard InChI is InChI=1S/C13H21N3/c14-8-7-11-12(9-3-1-2-4-9)15-16-13(11)10-5-6-10/h9-10H,1-8,14H2,(H,15,16). The van der Waals surface area contributed by atoms with Gasteiger partial charge in [0.2, 0.25) is 0 Å². The van der Waals surface area contributed by atoms with Crippen molar-refractivity contribution >= 4 is 0 Å². The lowest BCUT2D eigenvalue weighted by Gasteiger charge is -2.09. The molecule has 0 atom stereocenters. The van der Waals surface area contributed by atoms with Crippen molar-refractivity contribution in [3.8, 4) is 0 Å². The number of nitrogens with one attached hydrogen (secondary N) is 1. The molecule has 3 rings (SSSR count). The normalized spacial score (nSPS) is 21.8. The Morgan fingerprint density at radius 3 is 2.50 bits per heavy atom. The summed E-state index contributed by atoms with van der Waals surface area (Å²) in [7, 11) is 0. The zero-order valence-electron chi connectivity index (χ0n) is 9.84. The molecule has 0 bridgehead atoms. The van der Waals surface area contributed by atoms with Crippen molar-refractivity contribution in [1.82, 2.24) is 10.2 Å². The molecular formula is C13H21N3. The highest BCUT2D eigenvalue weighted by atomic mass is 15.1. The SMILES string of the molecule is NCCc1c(C2CCCC2)n[nH]c1C1CC1. The van der Waals surface area contributed by atoms with E-state index in [0.717, 1.165) is 18.9 Å². The molecule has 2 aliphatic rings. The van der Waals surface area contributed by atoms with Crippen molar-refractivity contribution in [2.45, 2.75) is 56.8 Å². The van der Waals surface area contributed by atoms with Crippen molar-refractivity contribution < 1.29 is 0 Å². The smallest absolute Gasteiger partial charge is 0.0688 e. The zero-order valence-corrected chi connectivity index (χ0v) is 9.84. The van der Waals surface area contributed by atoms with Gasteiger partial charge in [0.15, 0.2) is 0 Å². The second-order valence-electron chi connectivity index (χ2n) is 5.30. The van der Waals surface area contributed by atoms with Crippen LogP contribution in [0.4, 0.5) is 0 Å². The Labute approximate surface area is 96.8 Å². The first-order valence-corrected chi connectivity index (χ1v) is 6.67. The van der Waals surface area contributed by atoms with Crippen LogP contribution in [0.1, 0.15) is 67.3 Å². The van der Waals surface area contributed by atoms with Crippen molar-refractivity contribution in [2.75, 3.05) is 6.54 Å². The highest BCUT2D eigenvalue weighted by molar-refractivity contribution is 5.33. The van der Waals surface area contributed by atoms with Gasteiger partial charge in [-0.05, 0) is 44.2 Å². The molecule has 2 saturated carbocycles. The van der Waals surface area contributed by atoms with Crippen molar-refractivity contribution in [3.05, 3.63) is 17.0 Å². The van der Waals surface area contributed by atoms with E-state index in [9.17, 15) is 0 Å². The molecular weight excluding hydrogens is 198 g/mol. The van der Waals surface area contributed by atoms with E-state index >= 15 is 0 Å². The summed E-state index contributed by atoms with van der Waals surface area (Å²) in [4.78, 5) is 0. The summed E-state index contributed by atoms with van der Waals surface area (Å²) >= 11 is 0. The van der Waals surface area contributed by atoms with E-state index < -0.39 is 0 Å². The largest absolute Gasteiger partial charge is 0.330 e. The number of rotatable bonds is 4. The molecule has 0 saturated heterocycles. The van der Waals surface area contributed by atoms with E-state index in [2.05, 4.69) is 10.2 Å². The lowest BCUT2D eigenvalue weighted by molar-refractivity contribution is 0.683. The Kier molecular flexibility index (Phi) is 2.72. The Bertz CT molecular complexity index is 359. The van der Waals surface area contributed by atoms with Crippen LogP contribution >= 0.6 is 0 Å². The van der Waals surface area contributed by atoms with Gasteiger partial charge in [-0.3, -0.25) is 5.10 Å². The van der Waals surface area contributed by atoms with E-state index in [4.69, 9.17) is 5.73 Å². The maximum absolute atomic E-state index is 5.74. The first-order chi connectivity index (χ1) is 7.90. The van der Waals surface area contributed by atoms with Crippen LogP contribution in [-0.4, -0.2) is 16.7 Å². The Morgan fingerprint density at radius 1 is 1.12 bits per heavy atom. The zero-order chi connectivity index (χ0) is 11.0. The summed E-state index contributed by atoms with van der Waals surface area (Å²) < 4.78 is 0. The Hall–Kier alpha value is -0.830. The first-order valence-electron chi connectivity index (χ1n) is 6.67. The maximum Gasteiger partial charge on any atom is 0.0688 e. The molecule has 1 heterocycles. The highest BCUT2D eigenvalue weighted by Crippen LogP contribution is 2.44. The lowest BCUT2D eigenvalue weighted by Crippen LogP contribution is -2.07. The third kappa shape index (κ3) is 1.77. The molecule has 3 nitrogen and oxygen atoms in total. The van der Waals surface area contributed by atoms with E-state index in [-0.39, 0.29) is 0 Å². The van der Waals surface area contributed by atoms with E-state index in [1.54, 1.807) is 0 Å². The third-order valence-corrected chi connectivity index (χ3v) is 4.05. The van der Waals surface area contributed by atoms with Gasteiger partial charge >= 0.3 is 0 Å².